The normalized spacial score (nSPS) is 16.9. The van der Waals surface area contributed by atoms with Crippen molar-refractivity contribution in [2.75, 3.05) is 33.2 Å². The van der Waals surface area contributed by atoms with E-state index in [1.54, 1.807) is 7.05 Å². The van der Waals surface area contributed by atoms with Crippen molar-refractivity contribution in [2.45, 2.75) is 6.54 Å². The Kier molecular flexibility index (Phi) is 3.98. The van der Waals surface area contributed by atoms with E-state index >= 15 is 0 Å². The molecule has 2 amide bonds. The standard InChI is InChI=1S/C13H19N3O/c1-14-13(17)16-9-7-15(8-10-16)11-12-5-3-2-4-6-12/h2-6H,7-11H2,1H3,(H,14,17). The molecule has 1 aliphatic rings. The molecule has 4 heteroatoms. The summed E-state index contributed by atoms with van der Waals surface area (Å²) < 4.78 is 0. The second-order valence-electron chi connectivity index (χ2n) is 4.30. The quantitative estimate of drug-likeness (QED) is 0.831. The van der Waals surface area contributed by atoms with E-state index in [-0.39, 0.29) is 6.03 Å². The first-order valence-electron chi connectivity index (χ1n) is 6.02. The molecule has 0 unspecified atom stereocenters. The number of nitrogens with one attached hydrogen (secondary N) is 1. The number of piperazine rings is 1. The van der Waals surface area contributed by atoms with Crippen molar-refractivity contribution in [1.29, 1.82) is 0 Å². The van der Waals surface area contributed by atoms with Gasteiger partial charge in [0.2, 0.25) is 0 Å². The van der Waals surface area contributed by atoms with E-state index in [1.807, 2.05) is 11.0 Å². The summed E-state index contributed by atoms with van der Waals surface area (Å²) in [7, 11) is 1.68. The van der Waals surface area contributed by atoms with Gasteiger partial charge < -0.3 is 10.2 Å². The molecule has 1 aromatic rings. The van der Waals surface area contributed by atoms with Gasteiger partial charge in [-0.25, -0.2) is 4.79 Å². The zero-order chi connectivity index (χ0) is 12.1. The number of urea groups is 1. The molecule has 0 bridgehead atoms. The second kappa shape index (κ2) is 5.68. The third-order valence-electron chi connectivity index (χ3n) is 3.12. The summed E-state index contributed by atoms with van der Waals surface area (Å²) >= 11 is 0. The second-order valence-corrected chi connectivity index (χ2v) is 4.30. The Bertz CT molecular complexity index is 358. The fraction of sp³-hybridized carbons (Fsp3) is 0.462. The van der Waals surface area contributed by atoms with Gasteiger partial charge in [0, 0.05) is 39.8 Å². The molecule has 0 radical (unpaired) electrons. The molecule has 17 heavy (non-hydrogen) atoms. The zero-order valence-corrected chi connectivity index (χ0v) is 10.2. The SMILES string of the molecule is CNC(=O)N1CCN(Cc2ccccc2)CC1. The summed E-state index contributed by atoms with van der Waals surface area (Å²) in [5, 5.41) is 2.67. The molecular formula is C13H19N3O. The van der Waals surface area contributed by atoms with Crippen LogP contribution in [0.5, 0.6) is 0 Å². The highest BCUT2D eigenvalue weighted by atomic mass is 16.2. The van der Waals surface area contributed by atoms with Gasteiger partial charge in [-0.2, -0.15) is 0 Å². The van der Waals surface area contributed by atoms with Crippen molar-refractivity contribution in [3.63, 3.8) is 0 Å². The minimum atomic E-state index is 0.0318. The summed E-state index contributed by atoms with van der Waals surface area (Å²) in [5.41, 5.74) is 1.33. The molecule has 0 aromatic heterocycles. The topological polar surface area (TPSA) is 35.6 Å². The summed E-state index contributed by atoms with van der Waals surface area (Å²) in [6.45, 7) is 4.49. The van der Waals surface area contributed by atoms with Gasteiger partial charge in [-0.05, 0) is 5.56 Å². The number of benzene rings is 1. The fourth-order valence-corrected chi connectivity index (χ4v) is 2.11. The maximum Gasteiger partial charge on any atom is 0.317 e. The van der Waals surface area contributed by atoms with E-state index in [9.17, 15) is 4.79 Å². The first kappa shape index (κ1) is 11.9. The van der Waals surface area contributed by atoms with Crippen LogP contribution in [0, 0.1) is 0 Å². The van der Waals surface area contributed by atoms with Crippen LogP contribution < -0.4 is 5.32 Å². The van der Waals surface area contributed by atoms with Crippen LogP contribution in [0.2, 0.25) is 0 Å². The minimum Gasteiger partial charge on any atom is -0.341 e. The van der Waals surface area contributed by atoms with Crippen LogP contribution in [-0.2, 0) is 6.54 Å². The van der Waals surface area contributed by atoms with Crippen LogP contribution in [0.1, 0.15) is 5.56 Å². The maximum absolute atomic E-state index is 11.4. The Hall–Kier alpha value is -1.55. The highest BCUT2D eigenvalue weighted by Gasteiger charge is 2.19. The van der Waals surface area contributed by atoms with Crippen LogP contribution in [0.3, 0.4) is 0 Å². The number of carbonyl (C=O) groups excluding carboxylic acids is 1. The molecule has 92 valence electrons. The molecule has 0 spiro atoms. The third kappa shape index (κ3) is 3.20. The molecule has 2 rings (SSSR count). The van der Waals surface area contributed by atoms with E-state index in [2.05, 4.69) is 34.5 Å². The van der Waals surface area contributed by atoms with Gasteiger partial charge in [0.05, 0.1) is 0 Å². The summed E-state index contributed by atoms with van der Waals surface area (Å²) in [5.74, 6) is 0. The highest BCUT2D eigenvalue weighted by Crippen LogP contribution is 2.08. The Morgan fingerprint density at radius 2 is 1.82 bits per heavy atom. The summed E-state index contributed by atoms with van der Waals surface area (Å²) in [6, 6.07) is 10.5. The lowest BCUT2D eigenvalue weighted by molar-refractivity contribution is 0.136. The fourth-order valence-electron chi connectivity index (χ4n) is 2.11. The van der Waals surface area contributed by atoms with Crippen molar-refractivity contribution in [1.82, 2.24) is 15.1 Å². The van der Waals surface area contributed by atoms with E-state index in [1.165, 1.54) is 5.56 Å². The van der Waals surface area contributed by atoms with Crippen molar-refractivity contribution in [3.05, 3.63) is 35.9 Å². The van der Waals surface area contributed by atoms with Crippen molar-refractivity contribution < 1.29 is 4.79 Å². The lowest BCUT2D eigenvalue weighted by atomic mass is 10.2. The molecule has 1 heterocycles. The van der Waals surface area contributed by atoms with E-state index in [4.69, 9.17) is 0 Å². The van der Waals surface area contributed by atoms with Gasteiger partial charge >= 0.3 is 6.03 Å². The molecule has 1 saturated heterocycles. The van der Waals surface area contributed by atoms with Gasteiger partial charge in [0.25, 0.3) is 0 Å². The van der Waals surface area contributed by atoms with Gasteiger partial charge in [-0.15, -0.1) is 0 Å². The van der Waals surface area contributed by atoms with Gasteiger partial charge in [0.15, 0.2) is 0 Å². The summed E-state index contributed by atoms with van der Waals surface area (Å²) in [4.78, 5) is 15.7. The number of rotatable bonds is 2. The predicted molar refractivity (Wildman–Crippen MR) is 67.7 cm³/mol. The molecule has 4 nitrogen and oxygen atoms in total. The minimum absolute atomic E-state index is 0.0318. The molecule has 0 atom stereocenters. The lowest BCUT2D eigenvalue weighted by Gasteiger charge is -2.34. The number of hydrogen-bond acceptors (Lipinski definition) is 2. The van der Waals surface area contributed by atoms with Gasteiger partial charge in [-0.3, -0.25) is 4.90 Å². The monoisotopic (exact) mass is 233 g/mol. The van der Waals surface area contributed by atoms with Crippen LogP contribution in [0.25, 0.3) is 0 Å². The van der Waals surface area contributed by atoms with Gasteiger partial charge in [0.1, 0.15) is 0 Å². The first-order chi connectivity index (χ1) is 8.29. The van der Waals surface area contributed by atoms with Crippen LogP contribution >= 0.6 is 0 Å². The zero-order valence-electron chi connectivity index (χ0n) is 10.2. The van der Waals surface area contributed by atoms with Crippen molar-refractivity contribution in [3.8, 4) is 0 Å². The van der Waals surface area contributed by atoms with Crippen LogP contribution in [0.4, 0.5) is 4.79 Å². The predicted octanol–water partition coefficient (Wildman–Crippen LogP) is 1.14. The van der Waals surface area contributed by atoms with E-state index < -0.39 is 0 Å². The molecule has 1 aliphatic heterocycles. The number of carbonyl (C=O) groups is 1. The largest absolute Gasteiger partial charge is 0.341 e. The highest BCUT2D eigenvalue weighted by molar-refractivity contribution is 5.73. The van der Waals surface area contributed by atoms with Crippen LogP contribution in [-0.4, -0.2) is 49.1 Å². The molecule has 0 saturated carbocycles. The molecule has 0 aliphatic carbocycles. The number of nitrogens with zero attached hydrogens (tertiary/aromatic N) is 2. The Labute approximate surface area is 102 Å². The number of amides is 2. The number of hydrogen-bond donors (Lipinski definition) is 1. The third-order valence-corrected chi connectivity index (χ3v) is 3.12. The lowest BCUT2D eigenvalue weighted by Crippen LogP contribution is -2.50. The Morgan fingerprint density at radius 3 is 2.41 bits per heavy atom. The van der Waals surface area contributed by atoms with Gasteiger partial charge in [-0.1, -0.05) is 30.3 Å². The van der Waals surface area contributed by atoms with E-state index in [0.29, 0.717) is 0 Å². The average Bonchev–Trinajstić information content (AvgIpc) is 2.40. The Balaban J connectivity index is 1.82. The molecule has 1 aromatic carbocycles. The summed E-state index contributed by atoms with van der Waals surface area (Å²) in [6.07, 6.45) is 0. The maximum atomic E-state index is 11.4. The Morgan fingerprint density at radius 1 is 1.18 bits per heavy atom. The van der Waals surface area contributed by atoms with Crippen molar-refractivity contribution >= 4 is 6.03 Å². The van der Waals surface area contributed by atoms with Crippen LogP contribution in [0.15, 0.2) is 30.3 Å². The molecule has 1 N–H and O–H groups in total. The molecule has 1 fully saturated rings. The first-order valence-corrected chi connectivity index (χ1v) is 6.02. The van der Waals surface area contributed by atoms with E-state index in [0.717, 1.165) is 32.7 Å². The molecular weight excluding hydrogens is 214 g/mol. The smallest absolute Gasteiger partial charge is 0.317 e. The average molecular weight is 233 g/mol. The van der Waals surface area contributed by atoms with Crippen molar-refractivity contribution in [2.24, 2.45) is 0 Å².